The van der Waals surface area contributed by atoms with Gasteiger partial charge in [0, 0.05) is 13.1 Å². The Hall–Kier alpha value is -1.92. The van der Waals surface area contributed by atoms with Crippen molar-refractivity contribution in [3.63, 3.8) is 0 Å². The lowest BCUT2D eigenvalue weighted by Crippen LogP contribution is -2.30. The lowest BCUT2D eigenvalue weighted by atomic mass is 10.1. The molecule has 3 rings (SSSR count). The van der Waals surface area contributed by atoms with Gasteiger partial charge in [-0.05, 0) is 37.9 Å². The van der Waals surface area contributed by atoms with Crippen LogP contribution >= 0.6 is 12.4 Å². The van der Waals surface area contributed by atoms with Crippen LogP contribution < -0.4 is 5.73 Å². The molecule has 2 heterocycles. The Balaban J connectivity index is 0.00000192. The van der Waals surface area contributed by atoms with Crippen molar-refractivity contribution in [2.45, 2.75) is 13.3 Å². The molecule has 1 aromatic heterocycles. The highest BCUT2D eigenvalue weighted by atomic mass is 35.5. The minimum Gasteiger partial charge on any atom is -0.338 e. The number of nitrogens with two attached hydrogens (primary N) is 1. The van der Waals surface area contributed by atoms with E-state index in [1.165, 1.54) is 16.9 Å². The Morgan fingerprint density at radius 1 is 1.43 bits per heavy atom. The zero-order valence-electron chi connectivity index (χ0n) is 12.9. The van der Waals surface area contributed by atoms with Gasteiger partial charge in [0.2, 0.25) is 0 Å². The second kappa shape index (κ2) is 7.10. The number of hydrogen-bond acceptors (Lipinski definition) is 3. The minimum absolute atomic E-state index is 0. The van der Waals surface area contributed by atoms with Gasteiger partial charge in [0.1, 0.15) is 11.5 Å². The number of carbonyl (C=O) groups excluding carboxylic acids is 1. The van der Waals surface area contributed by atoms with Crippen LogP contribution in [0.3, 0.4) is 0 Å². The van der Waals surface area contributed by atoms with Crippen molar-refractivity contribution in [3.8, 4) is 5.69 Å². The highest BCUT2D eigenvalue weighted by molar-refractivity contribution is 5.95. The molecular formula is C16H20ClFN4O. The molecule has 1 aliphatic rings. The monoisotopic (exact) mass is 338 g/mol. The molecule has 23 heavy (non-hydrogen) atoms. The summed E-state index contributed by atoms with van der Waals surface area (Å²) in [6, 6.07) is 6.39. The number of benzene rings is 1. The smallest absolute Gasteiger partial charge is 0.257 e. The van der Waals surface area contributed by atoms with Gasteiger partial charge in [0.25, 0.3) is 5.91 Å². The maximum Gasteiger partial charge on any atom is 0.257 e. The minimum atomic E-state index is -0.364. The maximum absolute atomic E-state index is 13.9. The first-order valence-corrected chi connectivity index (χ1v) is 7.40. The Morgan fingerprint density at radius 3 is 2.83 bits per heavy atom. The topological polar surface area (TPSA) is 64.2 Å². The van der Waals surface area contributed by atoms with Crippen molar-refractivity contribution in [3.05, 3.63) is 47.5 Å². The van der Waals surface area contributed by atoms with E-state index in [4.69, 9.17) is 5.73 Å². The number of likely N-dealkylation sites (tertiary alicyclic amines) is 1. The summed E-state index contributed by atoms with van der Waals surface area (Å²) < 4.78 is 15.4. The third-order valence-corrected chi connectivity index (χ3v) is 4.23. The number of amides is 1. The van der Waals surface area contributed by atoms with Gasteiger partial charge >= 0.3 is 0 Å². The molecular weight excluding hydrogens is 319 g/mol. The highest BCUT2D eigenvalue weighted by Gasteiger charge is 2.28. The van der Waals surface area contributed by atoms with Crippen LogP contribution in [-0.2, 0) is 0 Å². The van der Waals surface area contributed by atoms with E-state index in [9.17, 15) is 9.18 Å². The third-order valence-electron chi connectivity index (χ3n) is 4.23. The van der Waals surface area contributed by atoms with Crippen molar-refractivity contribution in [2.75, 3.05) is 19.6 Å². The number of hydrogen-bond donors (Lipinski definition) is 1. The summed E-state index contributed by atoms with van der Waals surface area (Å²) in [5.74, 6) is -0.0565. The number of halogens is 2. The molecule has 1 aliphatic heterocycles. The Bertz CT molecular complexity index is 703. The summed E-state index contributed by atoms with van der Waals surface area (Å²) in [4.78, 5) is 14.4. The van der Waals surface area contributed by atoms with E-state index in [2.05, 4.69) is 5.10 Å². The molecule has 0 spiro atoms. The predicted molar refractivity (Wildman–Crippen MR) is 88.6 cm³/mol. The van der Waals surface area contributed by atoms with Crippen LogP contribution in [0.2, 0.25) is 0 Å². The predicted octanol–water partition coefficient (Wildman–Crippen LogP) is 2.16. The van der Waals surface area contributed by atoms with Crippen molar-refractivity contribution >= 4 is 18.3 Å². The van der Waals surface area contributed by atoms with Crippen molar-refractivity contribution < 1.29 is 9.18 Å². The van der Waals surface area contributed by atoms with E-state index >= 15 is 0 Å². The van der Waals surface area contributed by atoms with Gasteiger partial charge in [0.15, 0.2) is 0 Å². The molecule has 1 unspecified atom stereocenters. The molecule has 0 aliphatic carbocycles. The van der Waals surface area contributed by atoms with Crippen LogP contribution in [0.15, 0.2) is 30.5 Å². The van der Waals surface area contributed by atoms with Crippen LogP contribution in [0, 0.1) is 18.7 Å². The van der Waals surface area contributed by atoms with E-state index in [-0.39, 0.29) is 24.1 Å². The molecule has 1 saturated heterocycles. The highest BCUT2D eigenvalue weighted by Crippen LogP contribution is 2.21. The fourth-order valence-electron chi connectivity index (χ4n) is 2.87. The van der Waals surface area contributed by atoms with Gasteiger partial charge in [-0.25, -0.2) is 9.07 Å². The average Bonchev–Trinajstić information content (AvgIpc) is 3.14. The number of nitrogens with zero attached hydrogens (tertiary/aromatic N) is 3. The summed E-state index contributed by atoms with van der Waals surface area (Å²) in [6.45, 7) is 3.77. The quantitative estimate of drug-likeness (QED) is 0.932. The van der Waals surface area contributed by atoms with Crippen molar-refractivity contribution in [2.24, 2.45) is 11.7 Å². The number of rotatable bonds is 3. The Kier molecular flexibility index (Phi) is 5.38. The normalized spacial score (nSPS) is 17.2. The van der Waals surface area contributed by atoms with Crippen molar-refractivity contribution in [1.29, 1.82) is 0 Å². The van der Waals surface area contributed by atoms with Crippen LogP contribution in [0.25, 0.3) is 5.69 Å². The molecule has 1 atom stereocenters. The van der Waals surface area contributed by atoms with Crippen molar-refractivity contribution in [1.82, 2.24) is 14.7 Å². The van der Waals surface area contributed by atoms with Crippen LogP contribution in [0.4, 0.5) is 4.39 Å². The second-order valence-corrected chi connectivity index (χ2v) is 5.65. The number of para-hydroxylation sites is 1. The molecule has 2 N–H and O–H groups in total. The molecule has 0 radical (unpaired) electrons. The second-order valence-electron chi connectivity index (χ2n) is 5.65. The molecule has 1 fully saturated rings. The van der Waals surface area contributed by atoms with Gasteiger partial charge in [-0.15, -0.1) is 12.4 Å². The SMILES string of the molecule is Cc1c(C(=O)N2CCC(CN)C2)cnn1-c1ccccc1F.Cl. The lowest BCUT2D eigenvalue weighted by Gasteiger charge is -2.16. The summed E-state index contributed by atoms with van der Waals surface area (Å²) in [7, 11) is 0. The maximum atomic E-state index is 13.9. The van der Waals surface area contributed by atoms with E-state index in [0.717, 1.165) is 6.42 Å². The summed E-state index contributed by atoms with van der Waals surface area (Å²) >= 11 is 0. The van der Waals surface area contributed by atoms with Crippen LogP contribution in [0.5, 0.6) is 0 Å². The largest absolute Gasteiger partial charge is 0.338 e. The molecule has 5 nitrogen and oxygen atoms in total. The first-order valence-electron chi connectivity index (χ1n) is 7.40. The zero-order chi connectivity index (χ0) is 15.7. The molecule has 2 aromatic rings. The van der Waals surface area contributed by atoms with Gasteiger partial charge in [-0.3, -0.25) is 4.79 Å². The molecule has 1 amide bonds. The summed E-state index contributed by atoms with van der Waals surface area (Å²) in [6.07, 6.45) is 2.45. The first-order chi connectivity index (χ1) is 10.6. The summed E-state index contributed by atoms with van der Waals surface area (Å²) in [5.41, 5.74) is 7.17. The molecule has 7 heteroatoms. The number of aromatic nitrogens is 2. The Labute approximate surface area is 140 Å². The average molecular weight is 339 g/mol. The summed E-state index contributed by atoms with van der Waals surface area (Å²) in [5, 5.41) is 4.18. The van der Waals surface area contributed by atoms with Gasteiger partial charge < -0.3 is 10.6 Å². The van der Waals surface area contributed by atoms with Gasteiger partial charge in [-0.2, -0.15) is 5.10 Å². The first kappa shape index (κ1) is 17.4. The molecule has 0 bridgehead atoms. The standard InChI is InChI=1S/C16H19FN4O.ClH/c1-11-13(16(22)20-7-6-12(8-18)10-20)9-19-21(11)15-5-3-2-4-14(15)17;/h2-5,9,12H,6-8,10,18H2,1H3;1H. The molecule has 0 saturated carbocycles. The molecule has 124 valence electrons. The van der Waals surface area contributed by atoms with E-state index in [1.807, 2.05) is 0 Å². The van der Waals surface area contributed by atoms with Gasteiger partial charge in [-0.1, -0.05) is 12.1 Å². The zero-order valence-corrected chi connectivity index (χ0v) is 13.7. The van der Waals surface area contributed by atoms with Crippen LogP contribution in [0.1, 0.15) is 22.5 Å². The lowest BCUT2D eigenvalue weighted by molar-refractivity contribution is 0.0787. The van der Waals surface area contributed by atoms with E-state index in [0.29, 0.717) is 42.5 Å². The third kappa shape index (κ3) is 3.23. The number of carbonyl (C=O) groups is 1. The van der Waals surface area contributed by atoms with Crippen LogP contribution in [-0.4, -0.2) is 40.2 Å². The van der Waals surface area contributed by atoms with Gasteiger partial charge in [0.05, 0.1) is 17.5 Å². The fraction of sp³-hybridized carbons (Fsp3) is 0.375. The van der Waals surface area contributed by atoms with E-state index < -0.39 is 0 Å². The van der Waals surface area contributed by atoms with E-state index in [1.54, 1.807) is 30.0 Å². The fourth-order valence-corrected chi connectivity index (χ4v) is 2.87. The Morgan fingerprint density at radius 2 is 2.17 bits per heavy atom. The molecule has 1 aromatic carbocycles.